The lowest BCUT2D eigenvalue weighted by Crippen LogP contribution is -2.30. The fourth-order valence-corrected chi connectivity index (χ4v) is 5.75. The van der Waals surface area contributed by atoms with Gasteiger partial charge in [0.05, 0.1) is 17.4 Å². The number of hydrogen-bond acceptors (Lipinski definition) is 7. The molecule has 0 aliphatic carbocycles. The third kappa shape index (κ3) is 4.47. The zero-order valence-electron chi connectivity index (χ0n) is 21.5. The Morgan fingerprint density at radius 2 is 1.68 bits per heavy atom. The molecule has 38 heavy (non-hydrogen) atoms. The number of fused-ring (bicyclic) bond motifs is 2. The van der Waals surface area contributed by atoms with Crippen molar-refractivity contribution in [2.45, 2.75) is 32.1 Å². The average Bonchev–Trinajstić information content (AvgIpc) is 3.73. The second kappa shape index (κ2) is 10.1. The summed E-state index contributed by atoms with van der Waals surface area (Å²) in [6.45, 7) is 6.08. The van der Waals surface area contributed by atoms with E-state index >= 15 is 0 Å². The van der Waals surface area contributed by atoms with Gasteiger partial charge in [0.2, 0.25) is 0 Å². The lowest BCUT2D eigenvalue weighted by Gasteiger charge is -2.28. The molecule has 2 aliphatic heterocycles. The Labute approximate surface area is 221 Å². The number of aromatic nitrogens is 6. The van der Waals surface area contributed by atoms with Gasteiger partial charge < -0.3 is 14.6 Å². The number of aromatic amines is 2. The molecule has 2 saturated heterocycles. The maximum absolute atomic E-state index is 6.03. The van der Waals surface area contributed by atoms with Crippen LogP contribution in [0.15, 0.2) is 49.1 Å². The number of likely N-dealkylation sites (tertiary alicyclic amines) is 1. The van der Waals surface area contributed by atoms with Crippen LogP contribution in [-0.2, 0) is 0 Å². The summed E-state index contributed by atoms with van der Waals surface area (Å²) in [6, 6.07) is 8.37. The number of nitrogens with one attached hydrogen (secondary N) is 2. The highest BCUT2D eigenvalue weighted by molar-refractivity contribution is 5.99. The second-order valence-corrected chi connectivity index (χ2v) is 10.3. The van der Waals surface area contributed by atoms with Crippen molar-refractivity contribution in [3.8, 4) is 28.3 Å². The molecule has 0 radical (unpaired) electrons. The SMILES string of the molecule is c1cc2[nH]c(-c3n[nH]c4ncc(-c5cncc(OCCN6CCCC6)c5)cc34)cc2c(N2CCCCC2)n1. The van der Waals surface area contributed by atoms with E-state index in [2.05, 4.69) is 47.1 Å². The third-order valence-corrected chi connectivity index (χ3v) is 7.78. The summed E-state index contributed by atoms with van der Waals surface area (Å²) in [5.74, 6) is 1.83. The van der Waals surface area contributed by atoms with E-state index in [4.69, 9.17) is 9.72 Å². The van der Waals surface area contributed by atoms with Gasteiger partial charge in [-0.1, -0.05) is 0 Å². The van der Waals surface area contributed by atoms with Crippen LogP contribution >= 0.6 is 0 Å². The van der Waals surface area contributed by atoms with Crippen molar-refractivity contribution in [3.05, 3.63) is 49.1 Å². The van der Waals surface area contributed by atoms with Crippen LogP contribution in [-0.4, -0.2) is 74.4 Å². The van der Waals surface area contributed by atoms with Crippen molar-refractivity contribution in [2.24, 2.45) is 0 Å². The van der Waals surface area contributed by atoms with Crippen molar-refractivity contribution >= 4 is 27.8 Å². The molecule has 0 atom stereocenters. The van der Waals surface area contributed by atoms with Crippen molar-refractivity contribution in [3.63, 3.8) is 0 Å². The maximum Gasteiger partial charge on any atom is 0.155 e. The smallest absolute Gasteiger partial charge is 0.155 e. The molecule has 7 rings (SSSR count). The van der Waals surface area contributed by atoms with Crippen molar-refractivity contribution in [1.29, 1.82) is 0 Å². The average molecular weight is 509 g/mol. The van der Waals surface area contributed by atoms with Gasteiger partial charge in [-0.05, 0) is 69.5 Å². The highest BCUT2D eigenvalue weighted by Crippen LogP contribution is 2.34. The van der Waals surface area contributed by atoms with Crippen LogP contribution in [0.4, 0.5) is 5.82 Å². The first-order valence-corrected chi connectivity index (χ1v) is 13.7. The minimum absolute atomic E-state index is 0.670. The molecule has 0 saturated carbocycles. The molecular weight excluding hydrogens is 476 g/mol. The van der Waals surface area contributed by atoms with E-state index in [-0.39, 0.29) is 0 Å². The van der Waals surface area contributed by atoms with Gasteiger partial charge in [-0.2, -0.15) is 5.10 Å². The predicted octanol–water partition coefficient (Wildman–Crippen LogP) is 5.03. The summed E-state index contributed by atoms with van der Waals surface area (Å²) < 4.78 is 6.03. The van der Waals surface area contributed by atoms with Gasteiger partial charge in [0.25, 0.3) is 0 Å². The fourth-order valence-electron chi connectivity index (χ4n) is 5.75. The molecule has 5 aromatic rings. The number of anilines is 1. The lowest BCUT2D eigenvalue weighted by atomic mass is 10.1. The van der Waals surface area contributed by atoms with Crippen molar-refractivity contribution in [1.82, 2.24) is 35.0 Å². The molecule has 2 fully saturated rings. The Balaban J connectivity index is 1.18. The van der Waals surface area contributed by atoms with E-state index in [1.54, 1.807) is 6.20 Å². The topological polar surface area (TPSA) is 98.8 Å². The normalized spacial score (nSPS) is 16.6. The van der Waals surface area contributed by atoms with E-state index in [1.165, 1.54) is 45.2 Å². The van der Waals surface area contributed by atoms with Crippen LogP contribution < -0.4 is 9.64 Å². The number of piperidine rings is 1. The molecule has 5 aromatic heterocycles. The quantitative estimate of drug-likeness (QED) is 0.318. The molecule has 9 heteroatoms. The Bertz CT molecular complexity index is 1560. The molecule has 0 spiro atoms. The molecule has 0 unspecified atom stereocenters. The summed E-state index contributed by atoms with van der Waals surface area (Å²) in [5.41, 5.74) is 5.57. The van der Waals surface area contributed by atoms with Gasteiger partial charge in [0.15, 0.2) is 5.65 Å². The molecule has 2 aliphatic rings. The van der Waals surface area contributed by atoms with Crippen LogP contribution in [0.25, 0.3) is 44.5 Å². The van der Waals surface area contributed by atoms with Gasteiger partial charge >= 0.3 is 0 Å². The Morgan fingerprint density at radius 3 is 2.58 bits per heavy atom. The summed E-state index contributed by atoms with van der Waals surface area (Å²) >= 11 is 0. The van der Waals surface area contributed by atoms with Gasteiger partial charge in [-0.25, -0.2) is 9.97 Å². The predicted molar refractivity (Wildman–Crippen MR) is 149 cm³/mol. The zero-order chi connectivity index (χ0) is 25.3. The molecule has 9 nitrogen and oxygen atoms in total. The molecule has 7 heterocycles. The first-order valence-electron chi connectivity index (χ1n) is 13.7. The molecular formula is C29H32N8O. The van der Waals surface area contributed by atoms with Crippen molar-refractivity contribution in [2.75, 3.05) is 44.2 Å². The van der Waals surface area contributed by atoms with E-state index in [0.29, 0.717) is 6.61 Å². The second-order valence-electron chi connectivity index (χ2n) is 10.3. The van der Waals surface area contributed by atoms with Crippen LogP contribution in [0.1, 0.15) is 32.1 Å². The Kier molecular flexibility index (Phi) is 6.13. The first kappa shape index (κ1) is 23.2. The highest BCUT2D eigenvalue weighted by Gasteiger charge is 2.19. The van der Waals surface area contributed by atoms with Gasteiger partial charge in [-0.15, -0.1) is 0 Å². The minimum atomic E-state index is 0.670. The lowest BCUT2D eigenvalue weighted by molar-refractivity contribution is 0.237. The van der Waals surface area contributed by atoms with E-state index in [1.807, 2.05) is 30.7 Å². The van der Waals surface area contributed by atoms with Crippen LogP contribution in [0.2, 0.25) is 0 Å². The van der Waals surface area contributed by atoms with Crippen molar-refractivity contribution < 1.29 is 4.74 Å². The molecule has 0 aromatic carbocycles. The van der Waals surface area contributed by atoms with E-state index in [0.717, 1.165) is 75.7 Å². The zero-order valence-corrected chi connectivity index (χ0v) is 21.5. The number of nitrogens with zero attached hydrogens (tertiary/aromatic N) is 6. The Hall–Kier alpha value is -3.98. The summed E-state index contributed by atoms with van der Waals surface area (Å²) in [4.78, 5) is 22.3. The van der Waals surface area contributed by atoms with E-state index in [9.17, 15) is 0 Å². The van der Waals surface area contributed by atoms with Crippen LogP contribution in [0, 0.1) is 0 Å². The minimum Gasteiger partial charge on any atom is -0.491 e. The maximum atomic E-state index is 6.03. The number of pyridine rings is 3. The number of H-pyrrole nitrogens is 2. The number of rotatable bonds is 7. The summed E-state index contributed by atoms with van der Waals surface area (Å²) in [7, 11) is 0. The van der Waals surface area contributed by atoms with Crippen LogP contribution in [0.3, 0.4) is 0 Å². The van der Waals surface area contributed by atoms with Crippen LogP contribution in [0.5, 0.6) is 5.75 Å². The number of hydrogen-bond donors (Lipinski definition) is 2. The first-order chi connectivity index (χ1) is 18.8. The Morgan fingerprint density at radius 1 is 0.842 bits per heavy atom. The molecule has 194 valence electrons. The van der Waals surface area contributed by atoms with Gasteiger partial charge in [0.1, 0.15) is 23.9 Å². The number of ether oxygens (including phenoxy) is 1. The van der Waals surface area contributed by atoms with E-state index < -0.39 is 0 Å². The fraction of sp³-hybridized carbons (Fsp3) is 0.379. The molecule has 2 N–H and O–H groups in total. The third-order valence-electron chi connectivity index (χ3n) is 7.78. The monoisotopic (exact) mass is 508 g/mol. The molecule has 0 bridgehead atoms. The van der Waals surface area contributed by atoms with Gasteiger partial charge in [0, 0.05) is 60.1 Å². The van der Waals surface area contributed by atoms with Gasteiger partial charge in [-0.3, -0.25) is 15.0 Å². The molecule has 0 amide bonds. The largest absolute Gasteiger partial charge is 0.491 e. The summed E-state index contributed by atoms with van der Waals surface area (Å²) in [6.07, 6.45) is 13.7. The standard InChI is InChI=1S/C29H32N8O/c1-2-10-37(11-3-1)29-23-16-26(33-25(23)6-7-31-29)27-24-15-21(18-32-28(24)35-34-27)20-14-22(19-30-17-20)38-13-12-36-8-4-5-9-36/h6-7,14-19,33H,1-5,8-13H2,(H,32,34,35). The summed E-state index contributed by atoms with van der Waals surface area (Å²) in [5, 5.41) is 9.83. The highest BCUT2D eigenvalue weighted by atomic mass is 16.5.